The molecule has 2 heterocycles. The van der Waals surface area contributed by atoms with Crippen molar-refractivity contribution in [1.82, 2.24) is 14.5 Å². The SMILES string of the molecule is Cc1ccc(CCC2c3c(I)nc(C)n3CCN2C(=O)O)cc1C. The number of carbonyl (C=O) groups is 1. The Morgan fingerprint density at radius 2 is 2.04 bits per heavy atom. The number of aryl methyl sites for hydroxylation is 4. The minimum atomic E-state index is -0.846. The number of carboxylic acid groups (broad SMARTS) is 1. The molecule has 6 heteroatoms. The van der Waals surface area contributed by atoms with E-state index in [-0.39, 0.29) is 6.04 Å². The average Bonchev–Trinajstić information content (AvgIpc) is 2.83. The number of imidazole rings is 1. The zero-order valence-electron chi connectivity index (χ0n) is 14.2. The van der Waals surface area contributed by atoms with Crippen LogP contribution < -0.4 is 0 Å². The lowest BCUT2D eigenvalue weighted by Gasteiger charge is -2.35. The van der Waals surface area contributed by atoms with Gasteiger partial charge in [-0.05, 0) is 72.9 Å². The minimum absolute atomic E-state index is 0.133. The highest BCUT2D eigenvalue weighted by Crippen LogP contribution is 2.34. The van der Waals surface area contributed by atoms with Crippen LogP contribution >= 0.6 is 22.6 Å². The maximum absolute atomic E-state index is 11.7. The van der Waals surface area contributed by atoms with Crippen molar-refractivity contribution < 1.29 is 9.90 Å². The third kappa shape index (κ3) is 3.16. The molecule has 24 heavy (non-hydrogen) atoms. The number of fused-ring (bicyclic) bond motifs is 1. The Morgan fingerprint density at radius 3 is 2.71 bits per heavy atom. The molecule has 1 aliphatic rings. The number of nitrogens with zero attached hydrogens (tertiary/aromatic N) is 3. The van der Waals surface area contributed by atoms with Crippen LogP contribution in [0.4, 0.5) is 4.79 Å². The van der Waals surface area contributed by atoms with Gasteiger partial charge in [0, 0.05) is 13.1 Å². The summed E-state index contributed by atoms with van der Waals surface area (Å²) in [5.41, 5.74) is 4.87. The number of hydrogen-bond donors (Lipinski definition) is 1. The summed E-state index contributed by atoms with van der Waals surface area (Å²) in [4.78, 5) is 17.8. The Kier molecular flexibility index (Phi) is 4.85. The van der Waals surface area contributed by atoms with Crippen molar-refractivity contribution in [3.8, 4) is 0 Å². The summed E-state index contributed by atoms with van der Waals surface area (Å²) < 4.78 is 3.09. The third-order valence-electron chi connectivity index (χ3n) is 4.93. The summed E-state index contributed by atoms with van der Waals surface area (Å²) >= 11 is 2.23. The van der Waals surface area contributed by atoms with Gasteiger partial charge in [0.25, 0.3) is 0 Å². The molecule has 1 aromatic heterocycles. The summed E-state index contributed by atoms with van der Waals surface area (Å²) in [5.74, 6) is 0.968. The predicted molar refractivity (Wildman–Crippen MR) is 101 cm³/mol. The van der Waals surface area contributed by atoms with Gasteiger partial charge in [-0.15, -0.1) is 0 Å². The van der Waals surface area contributed by atoms with E-state index < -0.39 is 6.09 Å². The standard InChI is InChI=1S/C18H22IN3O2/c1-11-4-5-14(10-12(11)2)6-7-15-16-17(19)20-13(3)21(16)8-9-22(15)18(23)24/h4-5,10,15H,6-9H2,1-3H3,(H,23,24). The highest BCUT2D eigenvalue weighted by Gasteiger charge is 2.34. The molecule has 1 amide bonds. The van der Waals surface area contributed by atoms with E-state index in [1.54, 1.807) is 4.90 Å². The van der Waals surface area contributed by atoms with E-state index in [1.165, 1.54) is 16.7 Å². The second-order valence-corrected chi connectivity index (χ2v) is 7.46. The maximum atomic E-state index is 11.7. The van der Waals surface area contributed by atoms with Gasteiger partial charge >= 0.3 is 6.09 Å². The molecular weight excluding hydrogens is 417 g/mol. The quantitative estimate of drug-likeness (QED) is 0.734. The first-order valence-corrected chi connectivity index (χ1v) is 9.24. The van der Waals surface area contributed by atoms with Crippen LogP contribution in [-0.2, 0) is 13.0 Å². The summed E-state index contributed by atoms with van der Waals surface area (Å²) in [6.45, 7) is 7.42. The summed E-state index contributed by atoms with van der Waals surface area (Å²) in [6, 6.07) is 6.35. The lowest BCUT2D eigenvalue weighted by molar-refractivity contribution is 0.106. The van der Waals surface area contributed by atoms with Crippen LogP contribution in [0.5, 0.6) is 0 Å². The number of hydrogen-bond acceptors (Lipinski definition) is 2. The minimum Gasteiger partial charge on any atom is -0.465 e. The molecule has 0 radical (unpaired) electrons. The van der Waals surface area contributed by atoms with Crippen LogP contribution in [0, 0.1) is 24.5 Å². The van der Waals surface area contributed by atoms with E-state index >= 15 is 0 Å². The molecule has 3 rings (SSSR count). The fraction of sp³-hybridized carbons (Fsp3) is 0.444. The van der Waals surface area contributed by atoms with Crippen LogP contribution in [-0.4, -0.2) is 32.2 Å². The van der Waals surface area contributed by atoms with E-state index in [0.29, 0.717) is 13.1 Å². The van der Waals surface area contributed by atoms with Crippen molar-refractivity contribution in [2.24, 2.45) is 0 Å². The zero-order valence-corrected chi connectivity index (χ0v) is 16.4. The number of benzene rings is 1. The van der Waals surface area contributed by atoms with Crippen LogP contribution in [0.25, 0.3) is 0 Å². The van der Waals surface area contributed by atoms with Gasteiger partial charge in [-0.2, -0.15) is 0 Å². The first kappa shape index (κ1) is 17.3. The summed E-state index contributed by atoms with van der Waals surface area (Å²) in [5, 5.41) is 9.60. The van der Waals surface area contributed by atoms with Crippen molar-refractivity contribution in [2.75, 3.05) is 6.54 Å². The Hall–Kier alpha value is -1.57. The fourth-order valence-corrected chi connectivity index (χ4v) is 4.44. The number of aromatic nitrogens is 2. The number of amides is 1. The van der Waals surface area contributed by atoms with Gasteiger partial charge < -0.3 is 9.67 Å². The molecule has 5 nitrogen and oxygen atoms in total. The molecule has 1 aromatic carbocycles. The van der Waals surface area contributed by atoms with Gasteiger partial charge in [-0.3, -0.25) is 4.90 Å². The molecule has 0 fully saturated rings. The maximum Gasteiger partial charge on any atom is 0.407 e. The zero-order chi connectivity index (χ0) is 17.4. The molecule has 2 aromatic rings. The molecular formula is C18H22IN3O2. The Morgan fingerprint density at radius 1 is 1.29 bits per heavy atom. The summed E-state index contributed by atoms with van der Waals surface area (Å²) in [7, 11) is 0. The van der Waals surface area contributed by atoms with Crippen LogP contribution in [0.2, 0.25) is 0 Å². The van der Waals surface area contributed by atoms with Gasteiger partial charge in [-0.1, -0.05) is 18.2 Å². The predicted octanol–water partition coefficient (Wildman–Crippen LogP) is 4.08. The molecule has 0 aliphatic carbocycles. The molecule has 0 bridgehead atoms. The van der Waals surface area contributed by atoms with Gasteiger partial charge in [0.2, 0.25) is 0 Å². The normalized spacial score (nSPS) is 17.0. The van der Waals surface area contributed by atoms with E-state index in [4.69, 9.17) is 0 Å². The topological polar surface area (TPSA) is 58.4 Å². The summed E-state index contributed by atoms with van der Waals surface area (Å²) in [6.07, 6.45) is 0.784. The Labute approximate surface area is 155 Å². The van der Waals surface area contributed by atoms with Crippen LogP contribution in [0.15, 0.2) is 18.2 Å². The molecule has 0 spiro atoms. The van der Waals surface area contributed by atoms with Gasteiger partial charge in [-0.25, -0.2) is 9.78 Å². The number of halogens is 1. The van der Waals surface area contributed by atoms with Crippen LogP contribution in [0.3, 0.4) is 0 Å². The molecule has 1 unspecified atom stereocenters. The first-order valence-electron chi connectivity index (χ1n) is 8.16. The lowest BCUT2D eigenvalue weighted by Crippen LogP contribution is -2.42. The third-order valence-corrected chi connectivity index (χ3v) is 5.73. The lowest BCUT2D eigenvalue weighted by atomic mass is 9.98. The van der Waals surface area contributed by atoms with Gasteiger partial charge in [0.15, 0.2) is 0 Å². The van der Waals surface area contributed by atoms with Crippen molar-refractivity contribution >= 4 is 28.7 Å². The van der Waals surface area contributed by atoms with Crippen molar-refractivity contribution in [2.45, 2.75) is 46.2 Å². The second-order valence-electron chi connectivity index (χ2n) is 6.44. The molecule has 128 valence electrons. The van der Waals surface area contributed by atoms with Crippen molar-refractivity contribution in [3.05, 3.63) is 50.1 Å². The second kappa shape index (κ2) is 6.74. The van der Waals surface area contributed by atoms with E-state index in [2.05, 4.69) is 64.2 Å². The fourth-order valence-electron chi connectivity index (χ4n) is 3.44. The van der Waals surface area contributed by atoms with Gasteiger partial charge in [0.1, 0.15) is 9.53 Å². The van der Waals surface area contributed by atoms with Gasteiger partial charge in [0.05, 0.1) is 11.7 Å². The first-order chi connectivity index (χ1) is 11.4. The average molecular weight is 439 g/mol. The van der Waals surface area contributed by atoms with Crippen LogP contribution in [0.1, 0.15) is 40.7 Å². The van der Waals surface area contributed by atoms with Crippen molar-refractivity contribution in [3.63, 3.8) is 0 Å². The van der Waals surface area contributed by atoms with Crippen molar-refractivity contribution in [1.29, 1.82) is 0 Å². The molecule has 0 saturated heterocycles. The highest BCUT2D eigenvalue weighted by atomic mass is 127. The highest BCUT2D eigenvalue weighted by molar-refractivity contribution is 14.1. The monoisotopic (exact) mass is 439 g/mol. The largest absolute Gasteiger partial charge is 0.465 e. The molecule has 1 atom stereocenters. The molecule has 1 N–H and O–H groups in total. The molecule has 0 saturated carbocycles. The number of rotatable bonds is 3. The Bertz CT molecular complexity index is 785. The smallest absolute Gasteiger partial charge is 0.407 e. The van der Waals surface area contributed by atoms with E-state index in [9.17, 15) is 9.90 Å². The molecule has 1 aliphatic heterocycles. The van der Waals surface area contributed by atoms with E-state index in [0.717, 1.165) is 28.1 Å². The van der Waals surface area contributed by atoms with E-state index in [1.807, 2.05) is 6.92 Å². The Balaban J connectivity index is 1.88.